The second-order valence-corrected chi connectivity index (χ2v) is 11.1. The number of benzene rings is 6. The van der Waals surface area contributed by atoms with Gasteiger partial charge in [0, 0.05) is 33.2 Å². The van der Waals surface area contributed by atoms with E-state index in [1.165, 1.54) is 0 Å². The third-order valence-electron chi connectivity index (χ3n) is 8.34. The van der Waals surface area contributed by atoms with Crippen LogP contribution < -0.4 is 4.74 Å². The van der Waals surface area contributed by atoms with E-state index >= 15 is 0 Å². The average Bonchev–Trinajstić information content (AvgIpc) is 3.12. The Bertz CT molecular complexity index is 2350. The zero-order valence-corrected chi connectivity index (χ0v) is 24.1. The van der Waals surface area contributed by atoms with Crippen LogP contribution in [0.2, 0.25) is 0 Å². The molecule has 0 atom stereocenters. The van der Waals surface area contributed by atoms with Gasteiger partial charge in [-0.05, 0) is 47.3 Å². The van der Waals surface area contributed by atoms with Crippen molar-refractivity contribution in [2.45, 2.75) is 0 Å². The van der Waals surface area contributed by atoms with Gasteiger partial charge in [-0.15, -0.1) is 0 Å². The molecule has 0 saturated heterocycles. The van der Waals surface area contributed by atoms with Crippen LogP contribution in [0, 0.1) is 0 Å². The largest absolute Gasteiger partial charge is 0.456 e. The Hall–Kier alpha value is -6.20. The number of aromatic nitrogens is 4. The van der Waals surface area contributed by atoms with Gasteiger partial charge in [0.2, 0.25) is 0 Å². The lowest BCUT2D eigenvalue weighted by Gasteiger charge is -2.22. The molecule has 0 bridgehead atoms. The molecule has 5 nitrogen and oxygen atoms in total. The summed E-state index contributed by atoms with van der Waals surface area (Å²) in [6.07, 6.45) is 1.86. The minimum atomic E-state index is 0.680. The molecule has 6 aromatic carbocycles. The van der Waals surface area contributed by atoms with Gasteiger partial charge in [0.05, 0.1) is 34.3 Å². The predicted molar refractivity (Wildman–Crippen MR) is 180 cm³/mol. The SMILES string of the molecule is c1ccc(-c2cc(-c3ccc4ncc(-c5ccc6c7c(cccc57)-c5ccccc5O6)nc4c3)nc(-c3ccccc3)n2)cc1. The predicted octanol–water partition coefficient (Wildman–Crippen LogP) is 10.0. The van der Waals surface area contributed by atoms with Gasteiger partial charge in [0.1, 0.15) is 11.5 Å². The summed E-state index contributed by atoms with van der Waals surface area (Å²) in [4.78, 5) is 19.9. The van der Waals surface area contributed by atoms with Crippen LogP contribution in [0.4, 0.5) is 0 Å². The quantitative estimate of drug-likeness (QED) is 0.209. The van der Waals surface area contributed by atoms with Crippen molar-refractivity contribution in [3.63, 3.8) is 0 Å². The molecule has 2 aromatic heterocycles. The zero-order valence-electron chi connectivity index (χ0n) is 24.1. The first-order valence-electron chi connectivity index (χ1n) is 14.9. The molecule has 0 unspecified atom stereocenters. The summed E-state index contributed by atoms with van der Waals surface area (Å²) in [7, 11) is 0. The lowest BCUT2D eigenvalue weighted by molar-refractivity contribution is 0.487. The molecule has 210 valence electrons. The smallest absolute Gasteiger partial charge is 0.160 e. The summed E-state index contributed by atoms with van der Waals surface area (Å²) in [5.41, 5.74) is 10.3. The van der Waals surface area contributed by atoms with E-state index in [1.807, 2.05) is 91.1 Å². The number of hydrogen-bond acceptors (Lipinski definition) is 5. The highest BCUT2D eigenvalue weighted by molar-refractivity contribution is 6.09. The van der Waals surface area contributed by atoms with Crippen molar-refractivity contribution in [1.82, 2.24) is 19.9 Å². The van der Waals surface area contributed by atoms with Crippen LogP contribution in [0.5, 0.6) is 11.5 Å². The van der Waals surface area contributed by atoms with Gasteiger partial charge in [-0.1, -0.05) is 103 Å². The van der Waals surface area contributed by atoms with Gasteiger partial charge in [0.25, 0.3) is 0 Å². The minimum absolute atomic E-state index is 0.680. The first kappa shape index (κ1) is 25.3. The molecule has 0 saturated carbocycles. The van der Waals surface area contributed by atoms with Crippen LogP contribution in [0.25, 0.3) is 78.1 Å². The van der Waals surface area contributed by atoms with E-state index in [0.717, 1.165) is 83.8 Å². The molecular weight excluding hydrogens is 552 g/mol. The Morgan fingerprint density at radius 3 is 2.00 bits per heavy atom. The van der Waals surface area contributed by atoms with E-state index in [4.69, 9.17) is 24.7 Å². The molecule has 0 N–H and O–H groups in total. The highest BCUT2D eigenvalue weighted by Crippen LogP contribution is 2.48. The number of hydrogen-bond donors (Lipinski definition) is 0. The van der Waals surface area contributed by atoms with Gasteiger partial charge in [-0.2, -0.15) is 0 Å². The molecule has 0 aliphatic carbocycles. The van der Waals surface area contributed by atoms with Crippen molar-refractivity contribution in [3.05, 3.63) is 146 Å². The maximum atomic E-state index is 6.31. The third kappa shape index (κ3) is 4.33. The van der Waals surface area contributed by atoms with Gasteiger partial charge >= 0.3 is 0 Å². The second kappa shape index (κ2) is 10.2. The van der Waals surface area contributed by atoms with Crippen molar-refractivity contribution in [2.24, 2.45) is 0 Å². The van der Waals surface area contributed by atoms with E-state index in [-0.39, 0.29) is 0 Å². The van der Waals surface area contributed by atoms with E-state index in [0.29, 0.717) is 5.82 Å². The van der Waals surface area contributed by atoms with Crippen LogP contribution in [0.1, 0.15) is 0 Å². The maximum Gasteiger partial charge on any atom is 0.160 e. The summed E-state index contributed by atoms with van der Waals surface area (Å²) in [6, 6.07) is 47.2. The average molecular weight is 577 g/mol. The van der Waals surface area contributed by atoms with Crippen molar-refractivity contribution >= 4 is 21.8 Å². The lowest BCUT2D eigenvalue weighted by Crippen LogP contribution is -1.98. The van der Waals surface area contributed by atoms with Crippen LogP contribution in [-0.2, 0) is 0 Å². The summed E-state index contributed by atoms with van der Waals surface area (Å²) in [6.45, 7) is 0. The molecule has 3 heterocycles. The summed E-state index contributed by atoms with van der Waals surface area (Å²) < 4.78 is 6.31. The van der Waals surface area contributed by atoms with Crippen LogP contribution in [0.15, 0.2) is 146 Å². The van der Waals surface area contributed by atoms with E-state index in [2.05, 4.69) is 54.6 Å². The van der Waals surface area contributed by atoms with Crippen molar-refractivity contribution < 1.29 is 4.74 Å². The second-order valence-electron chi connectivity index (χ2n) is 11.1. The number of para-hydroxylation sites is 1. The van der Waals surface area contributed by atoms with Crippen LogP contribution >= 0.6 is 0 Å². The fourth-order valence-electron chi connectivity index (χ4n) is 6.17. The number of nitrogens with zero attached hydrogens (tertiary/aromatic N) is 4. The molecule has 0 fully saturated rings. The molecule has 45 heavy (non-hydrogen) atoms. The standard InChI is InChI=1S/C40H24N4O/c1-3-10-25(11-4-1)33-23-34(44-40(43-33)26-12-5-2-6-13-26)27-18-20-32-35(22-27)42-36(24-41-32)28-19-21-38-39-30(28)15-9-16-31(39)29-14-7-8-17-37(29)45-38/h1-24H. The van der Waals surface area contributed by atoms with Gasteiger partial charge in [-0.3, -0.25) is 4.98 Å². The Morgan fingerprint density at radius 1 is 0.422 bits per heavy atom. The minimum Gasteiger partial charge on any atom is -0.456 e. The van der Waals surface area contributed by atoms with E-state index < -0.39 is 0 Å². The lowest BCUT2D eigenvalue weighted by atomic mass is 9.92. The zero-order chi connectivity index (χ0) is 29.7. The fourth-order valence-corrected chi connectivity index (χ4v) is 6.17. The van der Waals surface area contributed by atoms with E-state index in [9.17, 15) is 0 Å². The number of fused-ring (bicyclic) bond motifs is 3. The highest BCUT2D eigenvalue weighted by Gasteiger charge is 2.21. The number of rotatable bonds is 4. The molecule has 1 aliphatic rings. The Labute approximate surface area is 259 Å². The summed E-state index contributed by atoms with van der Waals surface area (Å²) >= 11 is 0. The maximum absolute atomic E-state index is 6.31. The third-order valence-corrected chi connectivity index (χ3v) is 8.34. The van der Waals surface area contributed by atoms with Crippen LogP contribution in [-0.4, -0.2) is 19.9 Å². The molecule has 5 heteroatoms. The number of ether oxygens (including phenoxy) is 1. The normalized spacial score (nSPS) is 11.7. The molecule has 0 spiro atoms. The van der Waals surface area contributed by atoms with Gasteiger partial charge in [-0.25, -0.2) is 15.0 Å². The summed E-state index contributed by atoms with van der Waals surface area (Å²) in [5.74, 6) is 2.41. The highest BCUT2D eigenvalue weighted by atomic mass is 16.5. The Balaban J connectivity index is 1.18. The van der Waals surface area contributed by atoms with Gasteiger partial charge in [0.15, 0.2) is 5.82 Å². The Kier molecular flexibility index (Phi) is 5.74. The van der Waals surface area contributed by atoms with Crippen LogP contribution in [0.3, 0.4) is 0 Å². The first-order chi connectivity index (χ1) is 22.3. The molecular formula is C40H24N4O. The van der Waals surface area contributed by atoms with E-state index in [1.54, 1.807) is 0 Å². The molecule has 0 amide bonds. The van der Waals surface area contributed by atoms with Crippen molar-refractivity contribution in [3.8, 4) is 67.8 Å². The topological polar surface area (TPSA) is 60.8 Å². The molecule has 0 radical (unpaired) electrons. The summed E-state index contributed by atoms with van der Waals surface area (Å²) in [5, 5.41) is 2.17. The van der Waals surface area contributed by atoms with Crippen molar-refractivity contribution in [1.29, 1.82) is 0 Å². The monoisotopic (exact) mass is 576 g/mol. The fraction of sp³-hybridized carbons (Fsp3) is 0. The molecule has 8 aromatic rings. The molecule has 9 rings (SSSR count). The van der Waals surface area contributed by atoms with Crippen molar-refractivity contribution in [2.75, 3.05) is 0 Å². The molecule has 1 aliphatic heterocycles. The Morgan fingerprint density at radius 2 is 1.16 bits per heavy atom. The van der Waals surface area contributed by atoms with Gasteiger partial charge < -0.3 is 4.74 Å². The first-order valence-corrected chi connectivity index (χ1v) is 14.9.